The summed E-state index contributed by atoms with van der Waals surface area (Å²) < 4.78 is 119. The highest BCUT2D eigenvalue weighted by atomic mass is 19.4. The number of amides is 2. The van der Waals surface area contributed by atoms with Crippen LogP contribution in [0, 0.1) is 23.4 Å². The monoisotopic (exact) mass is 526 g/mol. The Labute approximate surface area is 198 Å². The van der Waals surface area contributed by atoms with Gasteiger partial charge in [0.05, 0.1) is 5.56 Å². The number of nitrogens with one attached hydrogen (secondary N) is 1. The number of anilines is 1. The summed E-state index contributed by atoms with van der Waals surface area (Å²) in [6, 6.07) is 3.74. The minimum atomic E-state index is -5.09. The fourth-order valence-corrected chi connectivity index (χ4v) is 4.05. The Morgan fingerprint density at radius 1 is 1.11 bits per heavy atom. The van der Waals surface area contributed by atoms with Crippen molar-refractivity contribution in [3.63, 3.8) is 0 Å². The number of hydrogen-bond donors (Lipinski definition) is 2. The molecule has 6 nitrogen and oxygen atoms in total. The van der Waals surface area contributed by atoms with Crippen LogP contribution in [-0.4, -0.2) is 36.3 Å². The predicted molar refractivity (Wildman–Crippen MR) is 108 cm³/mol. The Hall–Kier alpha value is -3.42. The van der Waals surface area contributed by atoms with Crippen molar-refractivity contribution < 1.29 is 54.2 Å². The van der Waals surface area contributed by atoms with E-state index in [1.807, 2.05) is 0 Å². The topological polar surface area (TPSA) is 90.6 Å². The molecule has 3 N–H and O–H groups in total. The number of ether oxygens (including phenoxy) is 2. The van der Waals surface area contributed by atoms with Gasteiger partial charge in [-0.2, -0.15) is 26.3 Å². The van der Waals surface area contributed by atoms with E-state index in [4.69, 9.17) is 10.5 Å². The van der Waals surface area contributed by atoms with Crippen LogP contribution in [0.3, 0.4) is 0 Å². The summed E-state index contributed by atoms with van der Waals surface area (Å²) in [7, 11) is 0. The van der Waals surface area contributed by atoms with Crippen molar-refractivity contribution >= 4 is 17.5 Å². The van der Waals surface area contributed by atoms with Gasteiger partial charge in [-0.1, -0.05) is 13.0 Å². The molecular weight excluding hydrogens is 508 g/mol. The molecule has 1 saturated heterocycles. The Bertz CT molecular complexity index is 1190. The lowest BCUT2D eigenvalue weighted by molar-refractivity contribution is -0.272. The zero-order valence-electron chi connectivity index (χ0n) is 18.4. The van der Waals surface area contributed by atoms with Crippen molar-refractivity contribution in [2.24, 2.45) is 11.7 Å². The molecule has 4 atom stereocenters. The van der Waals surface area contributed by atoms with Crippen molar-refractivity contribution in [2.75, 3.05) is 5.32 Å². The standard InChI is InChI=1S/C22H18F8N2O4/c1-8-14(10-4-6-13(24)15(25)16(10)35-20(26)27)17(36-21(8,2)22(28,29)30)19(34)32-9-3-5-12(23)11(7-9)18(31)33/h3-8,14,17,20H,1-2H3,(H2,31,33)(H,32,34)/t8-,14+,17-,21-/m0/s1. The molecule has 1 aliphatic rings. The van der Waals surface area contributed by atoms with Gasteiger partial charge < -0.3 is 20.5 Å². The summed E-state index contributed by atoms with van der Waals surface area (Å²) in [4.78, 5) is 24.4. The second-order valence-corrected chi connectivity index (χ2v) is 8.16. The maximum Gasteiger partial charge on any atom is 0.417 e. The summed E-state index contributed by atoms with van der Waals surface area (Å²) in [5.41, 5.74) is 0.424. The molecule has 0 aliphatic carbocycles. The normalized spacial score (nSPS) is 24.1. The van der Waals surface area contributed by atoms with Crippen molar-refractivity contribution in [2.45, 2.75) is 44.3 Å². The third kappa shape index (κ3) is 4.81. The van der Waals surface area contributed by atoms with Gasteiger partial charge in [-0.05, 0) is 31.2 Å². The zero-order chi connectivity index (χ0) is 27.2. The molecule has 0 unspecified atom stereocenters. The third-order valence-electron chi connectivity index (χ3n) is 6.07. The molecule has 0 spiro atoms. The van der Waals surface area contributed by atoms with E-state index in [1.165, 1.54) is 0 Å². The number of halogens is 8. The first-order chi connectivity index (χ1) is 16.6. The zero-order valence-corrected chi connectivity index (χ0v) is 18.4. The summed E-state index contributed by atoms with van der Waals surface area (Å²) in [5.74, 6) is -11.9. The molecule has 2 aromatic carbocycles. The maximum absolute atomic E-state index is 14.4. The van der Waals surface area contributed by atoms with Gasteiger partial charge in [0.2, 0.25) is 5.82 Å². The Kier molecular flexibility index (Phi) is 7.22. The van der Waals surface area contributed by atoms with Crippen LogP contribution >= 0.6 is 0 Å². The van der Waals surface area contributed by atoms with Crippen LogP contribution in [0.2, 0.25) is 0 Å². The van der Waals surface area contributed by atoms with E-state index >= 15 is 0 Å². The number of hydrogen-bond acceptors (Lipinski definition) is 4. The Balaban J connectivity index is 2.11. The molecule has 0 aromatic heterocycles. The minimum Gasteiger partial charge on any atom is -0.431 e. The van der Waals surface area contributed by atoms with Gasteiger partial charge in [0.1, 0.15) is 11.9 Å². The molecule has 1 heterocycles. The molecule has 2 amide bonds. The first kappa shape index (κ1) is 27.2. The van der Waals surface area contributed by atoms with E-state index in [0.29, 0.717) is 19.1 Å². The lowest BCUT2D eigenvalue weighted by atomic mass is 9.77. The van der Waals surface area contributed by atoms with E-state index in [1.54, 1.807) is 0 Å². The average molecular weight is 526 g/mol. The van der Waals surface area contributed by atoms with Crippen molar-refractivity contribution in [1.82, 2.24) is 0 Å². The van der Waals surface area contributed by atoms with Crippen molar-refractivity contribution in [1.29, 1.82) is 0 Å². The van der Waals surface area contributed by atoms with Crippen molar-refractivity contribution in [3.8, 4) is 5.75 Å². The molecule has 196 valence electrons. The highest BCUT2D eigenvalue weighted by molar-refractivity contribution is 5.98. The minimum absolute atomic E-state index is 0.264. The van der Waals surface area contributed by atoms with Gasteiger partial charge in [0.25, 0.3) is 11.8 Å². The molecule has 1 fully saturated rings. The highest BCUT2D eigenvalue weighted by Gasteiger charge is 2.66. The lowest BCUT2D eigenvalue weighted by Crippen LogP contribution is -2.47. The molecule has 2 aromatic rings. The summed E-state index contributed by atoms with van der Waals surface area (Å²) in [6.45, 7) is -2.08. The smallest absolute Gasteiger partial charge is 0.417 e. The molecule has 3 rings (SSSR count). The summed E-state index contributed by atoms with van der Waals surface area (Å²) in [5, 5.41) is 2.14. The SMILES string of the molecule is C[C@H]1[C@H](c2ccc(F)c(F)c2OC(F)F)[C@@H](C(=O)Nc2ccc(F)c(C(N)=O)c2)O[C@]1(C)C(F)(F)F. The largest absolute Gasteiger partial charge is 0.431 e. The Morgan fingerprint density at radius 3 is 2.28 bits per heavy atom. The first-order valence-electron chi connectivity index (χ1n) is 10.2. The third-order valence-corrected chi connectivity index (χ3v) is 6.07. The Morgan fingerprint density at radius 2 is 1.72 bits per heavy atom. The van der Waals surface area contributed by atoms with Crippen LogP contribution in [0.15, 0.2) is 30.3 Å². The van der Waals surface area contributed by atoms with E-state index in [9.17, 15) is 44.7 Å². The fraction of sp³-hybridized carbons (Fsp3) is 0.364. The number of nitrogens with two attached hydrogens (primary N) is 1. The van der Waals surface area contributed by atoms with Crippen LogP contribution in [0.1, 0.15) is 35.7 Å². The first-order valence-corrected chi connectivity index (χ1v) is 10.2. The highest BCUT2D eigenvalue weighted by Crippen LogP contribution is 2.55. The summed E-state index contributed by atoms with van der Waals surface area (Å²) >= 11 is 0. The second kappa shape index (κ2) is 9.56. The number of alkyl halides is 5. The maximum atomic E-state index is 14.4. The predicted octanol–water partition coefficient (Wildman–Crippen LogP) is 4.88. The van der Waals surface area contributed by atoms with E-state index in [-0.39, 0.29) is 5.69 Å². The van der Waals surface area contributed by atoms with Gasteiger partial charge in [-0.3, -0.25) is 9.59 Å². The van der Waals surface area contributed by atoms with E-state index in [2.05, 4.69) is 10.1 Å². The van der Waals surface area contributed by atoms with E-state index in [0.717, 1.165) is 25.1 Å². The fourth-order valence-electron chi connectivity index (χ4n) is 4.05. The number of primary amides is 1. The van der Waals surface area contributed by atoms with Crippen LogP contribution in [0.4, 0.5) is 40.8 Å². The van der Waals surface area contributed by atoms with Gasteiger partial charge in [0.15, 0.2) is 17.2 Å². The molecule has 0 radical (unpaired) electrons. The summed E-state index contributed by atoms with van der Waals surface area (Å²) in [6.07, 6.45) is -7.18. The van der Waals surface area contributed by atoms with Crippen LogP contribution in [0.5, 0.6) is 5.75 Å². The molecule has 1 aliphatic heterocycles. The van der Waals surface area contributed by atoms with Gasteiger partial charge in [-0.25, -0.2) is 8.78 Å². The van der Waals surface area contributed by atoms with Crippen LogP contribution < -0.4 is 15.8 Å². The van der Waals surface area contributed by atoms with Gasteiger partial charge in [-0.15, -0.1) is 0 Å². The quantitative estimate of drug-likeness (QED) is 0.525. The number of carbonyl (C=O) groups is 2. The van der Waals surface area contributed by atoms with Crippen LogP contribution in [0.25, 0.3) is 0 Å². The van der Waals surface area contributed by atoms with Crippen molar-refractivity contribution in [3.05, 3.63) is 58.9 Å². The van der Waals surface area contributed by atoms with Gasteiger partial charge >= 0.3 is 12.8 Å². The lowest BCUT2D eigenvalue weighted by Gasteiger charge is -2.32. The molecule has 0 bridgehead atoms. The second-order valence-electron chi connectivity index (χ2n) is 8.16. The number of benzene rings is 2. The molecule has 14 heteroatoms. The van der Waals surface area contributed by atoms with Crippen LogP contribution in [-0.2, 0) is 9.53 Å². The van der Waals surface area contributed by atoms with Gasteiger partial charge in [0, 0.05) is 23.1 Å². The average Bonchev–Trinajstić information content (AvgIpc) is 3.04. The number of rotatable bonds is 6. The number of carbonyl (C=O) groups excluding carboxylic acids is 2. The molecular formula is C22H18F8N2O4. The van der Waals surface area contributed by atoms with E-state index < -0.39 is 82.5 Å². The molecule has 0 saturated carbocycles. The molecule has 36 heavy (non-hydrogen) atoms.